The fraction of sp³-hybridized carbons (Fsp3) is 0.364. The van der Waals surface area contributed by atoms with Crippen LogP contribution in [0.25, 0.3) is 0 Å². The summed E-state index contributed by atoms with van der Waals surface area (Å²) in [6, 6.07) is 1.25. The lowest BCUT2D eigenvalue weighted by atomic mass is 10.1. The Kier molecular flexibility index (Phi) is 4.79. The molecule has 0 aliphatic rings. The zero-order chi connectivity index (χ0) is 15.5. The number of carbonyl (C=O) groups is 1. The minimum Gasteiger partial charge on any atom is -0.494 e. The SMILES string of the molecule is COC(=O)c1cc(OC)c(OC)c(S(N)(=O)=O)c1OC. The van der Waals surface area contributed by atoms with Gasteiger partial charge in [0.05, 0.1) is 28.4 Å². The molecule has 0 fully saturated rings. The third kappa shape index (κ3) is 2.78. The number of hydrogen-bond acceptors (Lipinski definition) is 7. The van der Waals surface area contributed by atoms with E-state index >= 15 is 0 Å². The van der Waals surface area contributed by atoms with Crippen LogP contribution in [0.15, 0.2) is 11.0 Å². The van der Waals surface area contributed by atoms with E-state index in [1.54, 1.807) is 0 Å². The summed E-state index contributed by atoms with van der Waals surface area (Å²) in [5.74, 6) is -1.21. The minimum atomic E-state index is -4.22. The number of primary sulfonamides is 1. The molecule has 0 heterocycles. The van der Waals surface area contributed by atoms with Crippen LogP contribution in [-0.4, -0.2) is 42.8 Å². The lowest BCUT2D eigenvalue weighted by molar-refractivity contribution is 0.0596. The zero-order valence-corrected chi connectivity index (χ0v) is 12.2. The number of ether oxygens (including phenoxy) is 4. The Morgan fingerprint density at radius 1 is 1.05 bits per heavy atom. The van der Waals surface area contributed by atoms with E-state index < -0.39 is 20.9 Å². The van der Waals surface area contributed by atoms with E-state index in [4.69, 9.17) is 19.3 Å². The molecule has 1 aromatic rings. The summed E-state index contributed by atoms with van der Waals surface area (Å²) in [6.07, 6.45) is 0. The predicted molar refractivity (Wildman–Crippen MR) is 68.8 cm³/mol. The Morgan fingerprint density at radius 3 is 1.95 bits per heavy atom. The highest BCUT2D eigenvalue weighted by atomic mass is 32.2. The van der Waals surface area contributed by atoms with Gasteiger partial charge in [0.1, 0.15) is 5.56 Å². The fourth-order valence-corrected chi connectivity index (χ4v) is 2.56. The molecule has 0 aliphatic heterocycles. The van der Waals surface area contributed by atoms with Crippen molar-refractivity contribution < 1.29 is 32.2 Å². The van der Waals surface area contributed by atoms with Crippen LogP contribution >= 0.6 is 0 Å². The van der Waals surface area contributed by atoms with Crippen LogP contribution in [0.1, 0.15) is 10.4 Å². The first kappa shape index (κ1) is 16.1. The molecule has 0 aliphatic carbocycles. The average Bonchev–Trinajstić information content (AvgIpc) is 2.42. The number of carbonyl (C=O) groups excluding carboxylic acids is 1. The van der Waals surface area contributed by atoms with Crippen molar-refractivity contribution in [2.45, 2.75) is 4.90 Å². The van der Waals surface area contributed by atoms with Gasteiger partial charge in [0.2, 0.25) is 10.0 Å². The Bertz CT molecular complexity index is 624. The molecule has 0 unspecified atom stereocenters. The quantitative estimate of drug-likeness (QED) is 0.770. The van der Waals surface area contributed by atoms with Crippen LogP contribution in [0.4, 0.5) is 0 Å². The van der Waals surface area contributed by atoms with Crippen molar-refractivity contribution in [3.05, 3.63) is 11.6 Å². The van der Waals surface area contributed by atoms with Crippen molar-refractivity contribution in [3.8, 4) is 17.2 Å². The molecule has 8 nitrogen and oxygen atoms in total. The molecule has 0 saturated heterocycles. The number of nitrogens with two attached hydrogens (primary N) is 1. The smallest absolute Gasteiger partial charge is 0.341 e. The molecule has 20 heavy (non-hydrogen) atoms. The second kappa shape index (κ2) is 5.97. The summed E-state index contributed by atoms with van der Waals surface area (Å²) in [4.78, 5) is 11.2. The Hall–Kier alpha value is -2.00. The van der Waals surface area contributed by atoms with E-state index in [2.05, 4.69) is 4.74 Å². The lowest BCUT2D eigenvalue weighted by Crippen LogP contribution is -2.17. The van der Waals surface area contributed by atoms with Gasteiger partial charge in [0, 0.05) is 6.07 Å². The first-order valence-electron chi connectivity index (χ1n) is 5.25. The largest absolute Gasteiger partial charge is 0.494 e. The molecule has 0 radical (unpaired) electrons. The highest BCUT2D eigenvalue weighted by Gasteiger charge is 2.30. The molecule has 1 rings (SSSR count). The summed E-state index contributed by atoms with van der Waals surface area (Å²) in [7, 11) is 0.652. The van der Waals surface area contributed by atoms with Crippen molar-refractivity contribution in [1.29, 1.82) is 0 Å². The minimum absolute atomic E-state index is 0.0118. The van der Waals surface area contributed by atoms with Crippen molar-refractivity contribution >= 4 is 16.0 Å². The summed E-state index contributed by atoms with van der Waals surface area (Å²) in [5.41, 5.74) is -0.142. The van der Waals surface area contributed by atoms with Crippen molar-refractivity contribution in [3.63, 3.8) is 0 Å². The standard InChI is InChI=1S/C11H15NO7S/c1-16-7-5-6(11(13)19-4)8(17-2)10(9(7)18-3)20(12,14)15/h5H,1-4H3,(H2,12,14,15). The number of esters is 1. The first-order chi connectivity index (χ1) is 9.31. The zero-order valence-electron chi connectivity index (χ0n) is 11.4. The third-order valence-corrected chi connectivity index (χ3v) is 3.41. The van der Waals surface area contributed by atoms with Gasteiger partial charge in [-0.15, -0.1) is 0 Å². The third-order valence-electron chi connectivity index (χ3n) is 2.47. The molecular formula is C11H15NO7S. The van der Waals surface area contributed by atoms with E-state index in [0.29, 0.717) is 0 Å². The number of methoxy groups -OCH3 is 4. The van der Waals surface area contributed by atoms with Crippen molar-refractivity contribution in [2.24, 2.45) is 5.14 Å². The van der Waals surface area contributed by atoms with E-state index in [9.17, 15) is 13.2 Å². The van der Waals surface area contributed by atoms with E-state index in [-0.39, 0.29) is 22.8 Å². The molecule has 9 heteroatoms. The Morgan fingerprint density at radius 2 is 1.60 bits per heavy atom. The molecule has 112 valence electrons. The van der Waals surface area contributed by atoms with Crippen molar-refractivity contribution in [1.82, 2.24) is 0 Å². The second-order valence-corrected chi connectivity index (χ2v) is 5.06. The van der Waals surface area contributed by atoms with Gasteiger partial charge < -0.3 is 18.9 Å². The van der Waals surface area contributed by atoms with E-state index in [0.717, 1.165) is 7.11 Å². The van der Waals surface area contributed by atoms with Gasteiger partial charge in [-0.25, -0.2) is 18.4 Å². The van der Waals surface area contributed by atoms with Crippen LogP contribution < -0.4 is 19.3 Å². The molecular weight excluding hydrogens is 290 g/mol. The highest BCUT2D eigenvalue weighted by Crippen LogP contribution is 2.42. The molecule has 0 saturated carbocycles. The van der Waals surface area contributed by atoms with Gasteiger partial charge >= 0.3 is 5.97 Å². The monoisotopic (exact) mass is 305 g/mol. The normalized spacial score (nSPS) is 10.8. The van der Waals surface area contributed by atoms with Gasteiger partial charge in [0.15, 0.2) is 22.1 Å². The molecule has 0 atom stereocenters. The number of benzene rings is 1. The molecule has 0 amide bonds. The summed E-state index contributed by atoms with van der Waals surface area (Å²) in [5, 5.41) is 5.15. The fourth-order valence-electron chi connectivity index (χ4n) is 1.67. The highest BCUT2D eigenvalue weighted by molar-refractivity contribution is 7.89. The van der Waals surface area contributed by atoms with Crippen molar-refractivity contribution in [2.75, 3.05) is 28.4 Å². The van der Waals surface area contributed by atoms with Crippen LogP contribution in [0, 0.1) is 0 Å². The van der Waals surface area contributed by atoms with Crippen LogP contribution in [-0.2, 0) is 14.8 Å². The predicted octanol–water partition coefficient (Wildman–Crippen LogP) is 0.146. The second-order valence-electron chi connectivity index (χ2n) is 3.56. The molecule has 2 N–H and O–H groups in total. The average molecular weight is 305 g/mol. The maximum absolute atomic E-state index is 11.7. The molecule has 1 aromatic carbocycles. The van der Waals surface area contributed by atoms with E-state index in [1.807, 2.05) is 0 Å². The Labute approximate surface area is 116 Å². The molecule has 0 spiro atoms. The first-order valence-corrected chi connectivity index (χ1v) is 6.80. The van der Waals surface area contributed by atoms with Gasteiger partial charge in [0.25, 0.3) is 0 Å². The molecule has 0 bridgehead atoms. The van der Waals surface area contributed by atoms with Gasteiger partial charge in [-0.2, -0.15) is 0 Å². The Balaban J connectivity index is 3.89. The van der Waals surface area contributed by atoms with Crippen LogP contribution in [0.3, 0.4) is 0 Å². The van der Waals surface area contributed by atoms with E-state index in [1.165, 1.54) is 27.4 Å². The van der Waals surface area contributed by atoms with Crippen LogP contribution in [0.5, 0.6) is 17.2 Å². The van der Waals surface area contributed by atoms with Crippen LogP contribution in [0.2, 0.25) is 0 Å². The number of sulfonamides is 1. The summed E-state index contributed by atoms with van der Waals surface area (Å²) >= 11 is 0. The maximum atomic E-state index is 11.7. The topological polar surface area (TPSA) is 114 Å². The maximum Gasteiger partial charge on any atom is 0.341 e. The van der Waals surface area contributed by atoms with Gasteiger partial charge in [-0.1, -0.05) is 0 Å². The summed E-state index contributed by atoms with van der Waals surface area (Å²) in [6.45, 7) is 0. The molecule has 0 aromatic heterocycles. The van der Waals surface area contributed by atoms with Gasteiger partial charge in [-0.05, 0) is 0 Å². The van der Waals surface area contributed by atoms with Gasteiger partial charge in [-0.3, -0.25) is 0 Å². The number of hydrogen-bond donors (Lipinski definition) is 1. The number of rotatable bonds is 5. The summed E-state index contributed by atoms with van der Waals surface area (Å²) < 4.78 is 43.0. The lowest BCUT2D eigenvalue weighted by Gasteiger charge is -2.17.